The maximum absolute atomic E-state index is 13.1. The summed E-state index contributed by atoms with van der Waals surface area (Å²) in [5.74, 6) is 0.557. The number of methoxy groups -OCH3 is 1. The quantitative estimate of drug-likeness (QED) is 0.442. The van der Waals surface area contributed by atoms with E-state index in [2.05, 4.69) is 10.4 Å². The molecule has 9 nitrogen and oxygen atoms in total. The first kappa shape index (κ1) is 20.9. The van der Waals surface area contributed by atoms with Gasteiger partial charge in [-0.2, -0.15) is 9.78 Å². The van der Waals surface area contributed by atoms with Crippen molar-refractivity contribution in [2.45, 2.75) is 18.9 Å². The maximum Gasteiger partial charge on any atom is 0.257 e. The highest BCUT2D eigenvalue weighted by Crippen LogP contribution is 2.28. The smallest absolute Gasteiger partial charge is 0.257 e. The van der Waals surface area contributed by atoms with E-state index in [0.29, 0.717) is 34.5 Å². The molecule has 1 amide bonds. The summed E-state index contributed by atoms with van der Waals surface area (Å²) in [5, 5.41) is 7.46. The molecule has 168 valence electrons. The normalized spacial score (nSPS) is 16.1. The summed E-state index contributed by atoms with van der Waals surface area (Å²) in [6.07, 6.45) is 3.58. The van der Waals surface area contributed by atoms with Gasteiger partial charge in [0.15, 0.2) is 5.65 Å². The number of hydrogen-bond donors (Lipinski definition) is 2. The van der Waals surface area contributed by atoms with Crippen molar-refractivity contribution in [2.75, 3.05) is 26.0 Å². The van der Waals surface area contributed by atoms with Gasteiger partial charge in [0.25, 0.3) is 5.91 Å². The molecule has 2 aromatic heterocycles. The second-order valence-electron chi connectivity index (χ2n) is 7.82. The number of para-hydroxylation sites is 2. The Balaban J connectivity index is 1.58. The van der Waals surface area contributed by atoms with Crippen molar-refractivity contribution in [1.29, 1.82) is 0 Å². The standard InChI is InChI=1S/C24H24N6O3/c1-32-16-7-4-6-15(12-16)13-27-30-22(25)20(24(31)26-14-17-8-5-11-33-17)21-23(30)29-19-10-3-2-9-18(19)28-21/h2-4,6-7,9-10,12-13,17H,5,8,11,14,25H2,1H3,(H,26,31). The highest BCUT2D eigenvalue weighted by atomic mass is 16.5. The molecular weight excluding hydrogens is 420 g/mol. The molecule has 1 unspecified atom stereocenters. The lowest BCUT2D eigenvalue weighted by molar-refractivity contribution is 0.0859. The number of hydrogen-bond acceptors (Lipinski definition) is 7. The zero-order chi connectivity index (χ0) is 22.8. The van der Waals surface area contributed by atoms with Crippen LogP contribution < -0.4 is 15.8 Å². The van der Waals surface area contributed by atoms with Gasteiger partial charge in [-0.25, -0.2) is 9.97 Å². The zero-order valence-electron chi connectivity index (χ0n) is 18.2. The molecule has 0 aliphatic carbocycles. The molecule has 1 saturated heterocycles. The van der Waals surface area contributed by atoms with Crippen LogP contribution in [0.3, 0.4) is 0 Å². The molecule has 0 spiro atoms. The first-order valence-corrected chi connectivity index (χ1v) is 10.8. The average Bonchev–Trinajstić information content (AvgIpc) is 3.45. The Bertz CT molecular complexity index is 1360. The van der Waals surface area contributed by atoms with Crippen molar-refractivity contribution in [3.05, 3.63) is 59.7 Å². The van der Waals surface area contributed by atoms with Crippen LogP contribution in [0.25, 0.3) is 22.2 Å². The summed E-state index contributed by atoms with van der Waals surface area (Å²) in [4.78, 5) is 22.5. The Hall–Kier alpha value is -3.98. The maximum atomic E-state index is 13.1. The van der Waals surface area contributed by atoms with Crippen LogP contribution >= 0.6 is 0 Å². The minimum Gasteiger partial charge on any atom is -0.497 e. The van der Waals surface area contributed by atoms with E-state index < -0.39 is 0 Å². The first-order chi connectivity index (χ1) is 16.1. The Morgan fingerprint density at radius 1 is 1.27 bits per heavy atom. The van der Waals surface area contributed by atoms with Gasteiger partial charge in [-0.1, -0.05) is 24.3 Å². The molecule has 2 aromatic carbocycles. The summed E-state index contributed by atoms with van der Waals surface area (Å²) in [6.45, 7) is 1.14. The van der Waals surface area contributed by atoms with Crippen LogP contribution in [0, 0.1) is 0 Å². The van der Waals surface area contributed by atoms with Gasteiger partial charge in [0.05, 0.1) is 30.5 Å². The number of fused-ring (bicyclic) bond motifs is 2. The Morgan fingerprint density at radius 2 is 2.09 bits per heavy atom. The fraction of sp³-hybridized carbons (Fsp3) is 0.250. The van der Waals surface area contributed by atoms with Crippen molar-refractivity contribution in [3.63, 3.8) is 0 Å². The van der Waals surface area contributed by atoms with Crippen molar-refractivity contribution in [3.8, 4) is 5.75 Å². The number of carbonyl (C=O) groups is 1. The lowest BCUT2D eigenvalue weighted by Gasteiger charge is -2.10. The minimum atomic E-state index is -0.326. The predicted molar refractivity (Wildman–Crippen MR) is 127 cm³/mol. The van der Waals surface area contributed by atoms with Crippen LogP contribution in [-0.4, -0.2) is 53.1 Å². The summed E-state index contributed by atoms with van der Waals surface area (Å²) in [5.41, 5.74) is 9.67. The second-order valence-corrected chi connectivity index (χ2v) is 7.82. The van der Waals surface area contributed by atoms with Crippen molar-refractivity contribution in [1.82, 2.24) is 20.0 Å². The molecule has 1 aliphatic rings. The SMILES string of the molecule is COc1cccc(C=Nn2c(N)c(C(=O)NCC3CCCO3)c3nc4ccccc4nc32)c1. The number of benzene rings is 2. The van der Waals surface area contributed by atoms with E-state index in [1.54, 1.807) is 13.3 Å². The number of nitrogens with zero attached hydrogens (tertiary/aromatic N) is 4. The van der Waals surface area contributed by atoms with E-state index in [9.17, 15) is 4.79 Å². The molecule has 1 atom stereocenters. The lowest BCUT2D eigenvalue weighted by Crippen LogP contribution is -2.32. The number of nitrogens with one attached hydrogen (secondary N) is 1. The zero-order valence-corrected chi connectivity index (χ0v) is 18.2. The van der Waals surface area contributed by atoms with Crippen molar-refractivity contribution < 1.29 is 14.3 Å². The fourth-order valence-electron chi connectivity index (χ4n) is 3.93. The van der Waals surface area contributed by atoms with Gasteiger partial charge < -0.3 is 20.5 Å². The molecule has 0 bridgehead atoms. The van der Waals surface area contributed by atoms with Gasteiger partial charge in [0.1, 0.15) is 22.6 Å². The van der Waals surface area contributed by atoms with Crippen LogP contribution in [0.4, 0.5) is 5.82 Å². The third-order valence-electron chi connectivity index (χ3n) is 5.63. The second kappa shape index (κ2) is 8.87. The third kappa shape index (κ3) is 4.10. The van der Waals surface area contributed by atoms with Gasteiger partial charge in [-0.05, 0) is 42.7 Å². The highest BCUT2D eigenvalue weighted by Gasteiger charge is 2.25. The molecule has 0 saturated carbocycles. The topological polar surface area (TPSA) is 117 Å². The minimum absolute atomic E-state index is 0.0153. The van der Waals surface area contributed by atoms with E-state index in [-0.39, 0.29) is 23.4 Å². The van der Waals surface area contributed by atoms with Crippen LogP contribution in [0.1, 0.15) is 28.8 Å². The molecule has 0 radical (unpaired) electrons. The largest absolute Gasteiger partial charge is 0.497 e. The van der Waals surface area contributed by atoms with E-state index >= 15 is 0 Å². The summed E-state index contributed by atoms with van der Waals surface area (Å²) in [6, 6.07) is 14.9. The molecular formula is C24H24N6O3. The molecule has 4 aromatic rings. The molecule has 5 rings (SSSR count). The van der Waals surface area contributed by atoms with Crippen molar-refractivity contribution in [2.24, 2.45) is 5.10 Å². The number of nitrogens with two attached hydrogens (primary N) is 1. The van der Waals surface area contributed by atoms with Crippen LogP contribution in [0.2, 0.25) is 0 Å². The van der Waals surface area contributed by atoms with Crippen LogP contribution in [0.15, 0.2) is 53.6 Å². The molecule has 1 aliphatic heterocycles. The first-order valence-electron chi connectivity index (χ1n) is 10.8. The average molecular weight is 444 g/mol. The molecule has 33 heavy (non-hydrogen) atoms. The summed E-state index contributed by atoms with van der Waals surface area (Å²) >= 11 is 0. The van der Waals surface area contributed by atoms with Crippen LogP contribution in [-0.2, 0) is 4.74 Å². The van der Waals surface area contributed by atoms with E-state index in [0.717, 1.165) is 25.0 Å². The van der Waals surface area contributed by atoms with Gasteiger partial charge >= 0.3 is 0 Å². The van der Waals surface area contributed by atoms with E-state index in [4.69, 9.17) is 25.2 Å². The lowest BCUT2D eigenvalue weighted by atomic mass is 10.2. The van der Waals surface area contributed by atoms with Gasteiger partial charge in [-0.3, -0.25) is 4.79 Å². The predicted octanol–water partition coefficient (Wildman–Crippen LogP) is 2.97. The number of ether oxygens (including phenoxy) is 2. The number of rotatable bonds is 6. The van der Waals surface area contributed by atoms with Gasteiger partial charge in [0.2, 0.25) is 0 Å². The molecule has 3 heterocycles. The van der Waals surface area contributed by atoms with Crippen molar-refractivity contribution >= 4 is 40.1 Å². The summed E-state index contributed by atoms with van der Waals surface area (Å²) in [7, 11) is 1.61. The number of anilines is 1. The van der Waals surface area contributed by atoms with Crippen LogP contribution in [0.5, 0.6) is 5.75 Å². The summed E-state index contributed by atoms with van der Waals surface area (Å²) < 4.78 is 12.3. The third-order valence-corrected chi connectivity index (χ3v) is 5.63. The number of amides is 1. The van der Waals surface area contributed by atoms with Gasteiger partial charge in [-0.15, -0.1) is 0 Å². The number of nitrogen functional groups attached to an aromatic ring is 1. The van der Waals surface area contributed by atoms with E-state index in [1.807, 2.05) is 48.5 Å². The van der Waals surface area contributed by atoms with E-state index in [1.165, 1.54) is 4.68 Å². The fourth-order valence-corrected chi connectivity index (χ4v) is 3.93. The Kier molecular flexibility index (Phi) is 5.62. The molecule has 3 N–H and O–H groups in total. The molecule has 9 heteroatoms. The highest BCUT2D eigenvalue weighted by molar-refractivity contribution is 6.10. The number of carbonyl (C=O) groups excluding carboxylic acids is 1. The Morgan fingerprint density at radius 3 is 2.85 bits per heavy atom. The molecule has 1 fully saturated rings. The van der Waals surface area contributed by atoms with Gasteiger partial charge in [0, 0.05) is 13.2 Å². The monoisotopic (exact) mass is 444 g/mol. The Labute approximate surface area is 190 Å². The number of aromatic nitrogens is 3.